The second-order valence-electron chi connectivity index (χ2n) is 6.55. The highest BCUT2D eigenvalue weighted by Crippen LogP contribution is 2.25. The quantitative estimate of drug-likeness (QED) is 0.426. The lowest BCUT2D eigenvalue weighted by Gasteiger charge is -2.10. The Morgan fingerprint density at radius 3 is 2.74 bits per heavy atom. The second-order valence-corrected chi connectivity index (χ2v) is 9.91. The van der Waals surface area contributed by atoms with Gasteiger partial charge in [-0.05, 0) is 49.8 Å². The van der Waals surface area contributed by atoms with Crippen LogP contribution in [-0.4, -0.2) is 34.0 Å². The predicted molar refractivity (Wildman–Crippen MR) is 120 cm³/mol. The lowest BCUT2D eigenvalue weighted by molar-refractivity contribution is -0.112. The lowest BCUT2D eigenvalue weighted by atomic mass is 10.1. The number of aryl methyl sites for hydroxylation is 1. The molecule has 0 fully saturated rings. The summed E-state index contributed by atoms with van der Waals surface area (Å²) in [5.74, 6) is -0.852. The zero-order chi connectivity index (χ0) is 22.8. The van der Waals surface area contributed by atoms with Gasteiger partial charge >= 0.3 is 0 Å². The van der Waals surface area contributed by atoms with E-state index in [4.69, 9.17) is 11.6 Å². The van der Waals surface area contributed by atoms with Gasteiger partial charge in [-0.25, -0.2) is 8.42 Å². The maximum Gasteiger partial charge on any atom is 0.268 e. The van der Waals surface area contributed by atoms with E-state index in [0.717, 1.165) is 28.6 Å². The summed E-state index contributed by atoms with van der Waals surface area (Å²) >= 11 is 6.84. The number of anilines is 1. The smallest absolute Gasteiger partial charge is 0.268 e. The van der Waals surface area contributed by atoms with Crippen LogP contribution < -0.4 is 5.32 Å². The van der Waals surface area contributed by atoms with E-state index in [1.807, 2.05) is 48.7 Å². The molecule has 0 aliphatic carbocycles. The molecule has 0 aliphatic rings. The maximum absolute atomic E-state index is 12.6. The Kier molecular flexibility index (Phi) is 6.59. The highest BCUT2D eigenvalue weighted by atomic mass is 35.5. The van der Waals surface area contributed by atoms with Gasteiger partial charge in [0, 0.05) is 33.6 Å². The number of hydrogen-bond acceptors (Lipinski definition) is 7. The Hall–Kier alpha value is -3.00. The van der Waals surface area contributed by atoms with E-state index in [1.54, 1.807) is 6.07 Å². The van der Waals surface area contributed by atoms with E-state index in [0.29, 0.717) is 10.6 Å². The van der Waals surface area contributed by atoms with Gasteiger partial charge in [0.05, 0.1) is 5.75 Å². The third-order valence-corrected chi connectivity index (χ3v) is 6.97. The monoisotopic (exact) mass is 475 g/mol. The van der Waals surface area contributed by atoms with Gasteiger partial charge in [-0.1, -0.05) is 24.6 Å². The van der Waals surface area contributed by atoms with Gasteiger partial charge in [-0.2, -0.15) is 14.6 Å². The summed E-state index contributed by atoms with van der Waals surface area (Å²) in [6.45, 7) is 5.26. The number of nitrogens with zero attached hydrogens (tertiary/aromatic N) is 4. The first-order valence-corrected chi connectivity index (χ1v) is 11.9. The number of sulfone groups is 1. The Labute approximate surface area is 188 Å². The largest absolute Gasteiger partial charge is 0.318 e. The maximum atomic E-state index is 12.6. The number of nitriles is 1. The van der Waals surface area contributed by atoms with Crippen molar-refractivity contribution in [3.63, 3.8) is 0 Å². The van der Waals surface area contributed by atoms with Crippen molar-refractivity contribution in [2.75, 3.05) is 11.1 Å². The molecule has 0 radical (unpaired) electrons. The Morgan fingerprint density at radius 2 is 2.10 bits per heavy atom. The first kappa shape index (κ1) is 22.7. The summed E-state index contributed by atoms with van der Waals surface area (Å²) < 4.78 is 29.4. The summed E-state index contributed by atoms with van der Waals surface area (Å²) in [7, 11) is -3.58. The summed E-state index contributed by atoms with van der Waals surface area (Å²) in [5, 5.41) is 12.2. The standard InChI is InChI=1S/C20H18ClN5O3S2/c1-4-31(28,29)20-24-19(30-25-20)23-18(27)15(11-22)9-14-8-12(2)26(13(14)3)17-7-5-6-16(21)10-17/h5-10H,4H2,1-3H3,(H,23,24,25,27). The van der Waals surface area contributed by atoms with E-state index in [9.17, 15) is 18.5 Å². The first-order valence-electron chi connectivity index (χ1n) is 9.10. The molecule has 160 valence electrons. The minimum atomic E-state index is -3.58. The number of amides is 1. The number of hydrogen-bond donors (Lipinski definition) is 1. The van der Waals surface area contributed by atoms with E-state index in [2.05, 4.69) is 14.7 Å². The molecule has 0 saturated carbocycles. The van der Waals surface area contributed by atoms with Gasteiger partial charge in [-0.15, -0.1) is 0 Å². The molecule has 31 heavy (non-hydrogen) atoms. The van der Waals surface area contributed by atoms with Crippen LogP contribution in [0.25, 0.3) is 11.8 Å². The SMILES string of the molecule is CCS(=O)(=O)c1nsc(NC(=O)C(C#N)=Cc2cc(C)n(-c3cccc(Cl)c3)c2C)n1. The van der Waals surface area contributed by atoms with Crippen molar-refractivity contribution in [3.8, 4) is 11.8 Å². The number of carbonyl (C=O) groups excluding carboxylic acids is 1. The molecule has 1 aromatic carbocycles. The van der Waals surface area contributed by atoms with Gasteiger partial charge < -0.3 is 4.57 Å². The molecule has 0 spiro atoms. The van der Waals surface area contributed by atoms with E-state index < -0.39 is 15.7 Å². The second kappa shape index (κ2) is 9.01. The molecule has 11 heteroatoms. The molecule has 8 nitrogen and oxygen atoms in total. The average molecular weight is 476 g/mol. The molecule has 0 atom stereocenters. The summed E-state index contributed by atoms with van der Waals surface area (Å²) in [6, 6.07) is 11.1. The van der Waals surface area contributed by atoms with Crippen LogP contribution in [-0.2, 0) is 14.6 Å². The molecule has 3 rings (SSSR count). The molecule has 0 bridgehead atoms. The van der Waals surface area contributed by atoms with Crippen LogP contribution in [0.5, 0.6) is 0 Å². The number of carbonyl (C=O) groups is 1. The van der Waals surface area contributed by atoms with Gasteiger partial charge in [-0.3, -0.25) is 10.1 Å². The normalized spacial score (nSPS) is 11.9. The highest BCUT2D eigenvalue weighted by molar-refractivity contribution is 7.91. The van der Waals surface area contributed by atoms with Crippen molar-refractivity contribution in [2.24, 2.45) is 0 Å². The third kappa shape index (κ3) is 4.85. The van der Waals surface area contributed by atoms with Crippen molar-refractivity contribution >= 4 is 50.1 Å². The lowest BCUT2D eigenvalue weighted by Crippen LogP contribution is -2.14. The minimum Gasteiger partial charge on any atom is -0.318 e. The van der Waals surface area contributed by atoms with Crippen LogP contribution in [0.4, 0.5) is 5.13 Å². The average Bonchev–Trinajstić information content (AvgIpc) is 3.30. The van der Waals surface area contributed by atoms with E-state index >= 15 is 0 Å². The predicted octanol–water partition coefficient (Wildman–Crippen LogP) is 3.94. The third-order valence-electron chi connectivity index (χ3n) is 4.49. The van der Waals surface area contributed by atoms with Crippen molar-refractivity contribution < 1.29 is 13.2 Å². The summed E-state index contributed by atoms with van der Waals surface area (Å²) in [6.07, 6.45) is 1.48. The number of aromatic nitrogens is 3. The van der Waals surface area contributed by atoms with Gasteiger partial charge in [0.1, 0.15) is 11.6 Å². The number of rotatable bonds is 6. The van der Waals surface area contributed by atoms with Gasteiger partial charge in [0.25, 0.3) is 11.1 Å². The minimum absolute atomic E-state index is 0.00238. The molecule has 0 unspecified atom stereocenters. The Balaban J connectivity index is 1.90. The molecule has 2 aromatic heterocycles. The van der Waals surface area contributed by atoms with E-state index in [-0.39, 0.29) is 21.6 Å². The first-order chi connectivity index (χ1) is 14.7. The fourth-order valence-corrected chi connectivity index (χ4v) is 4.70. The molecular weight excluding hydrogens is 458 g/mol. The number of benzene rings is 1. The summed E-state index contributed by atoms with van der Waals surface area (Å²) in [4.78, 5) is 16.4. The topological polar surface area (TPSA) is 118 Å². The van der Waals surface area contributed by atoms with Crippen LogP contribution >= 0.6 is 23.1 Å². The Morgan fingerprint density at radius 1 is 1.35 bits per heavy atom. The molecule has 0 aliphatic heterocycles. The highest BCUT2D eigenvalue weighted by Gasteiger charge is 2.20. The number of nitrogens with one attached hydrogen (secondary N) is 1. The zero-order valence-corrected chi connectivity index (χ0v) is 19.3. The van der Waals surface area contributed by atoms with Crippen molar-refractivity contribution in [1.82, 2.24) is 13.9 Å². The van der Waals surface area contributed by atoms with E-state index in [1.165, 1.54) is 13.0 Å². The van der Waals surface area contributed by atoms with Crippen LogP contribution in [0.15, 0.2) is 41.1 Å². The molecule has 0 saturated heterocycles. The Bertz CT molecular complexity index is 1330. The van der Waals surface area contributed by atoms with Crippen LogP contribution in [0.3, 0.4) is 0 Å². The zero-order valence-electron chi connectivity index (χ0n) is 16.9. The van der Waals surface area contributed by atoms with Crippen molar-refractivity contribution in [1.29, 1.82) is 5.26 Å². The molecule has 1 amide bonds. The molecule has 1 N–H and O–H groups in total. The molecule has 2 heterocycles. The fraction of sp³-hybridized carbons (Fsp3) is 0.200. The van der Waals surface area contributed by atoms with Gasteiger partial charge in [0.15, 0.2) is 0 Å². The molecular formula is C20H18ClN5O3S2. The van der Waals surface area contributed by atoms with Crippen molar-refractivity contribution in [2.45, 2.75) is 25.9 Å². The fourth-order valence-electron chi connectivity index (χ4n) is 2.93. The van der Waals surface area contributed by atoms with Crippen LogP contribution in [0, 0.1) is 25.2 Å². The molecule has 3 aromatic rings. The number of halogens is 1. The van der Waals surface area contributed by atoms with Crippen LogP contribution in [0.2, 0.25) is 5.02 Å². The summed E-state index contributed by atoms with van der Waals surface area (Å²) in [5.41, 5.74) is 3.13. The van der Waals surface area contributed by atoms with Crippen molar-refractivity contribution in [3.05, 3.63) is 57.9 Å². The van der Waals surface area contributed by atoms with Gasteiger partial charge in [0.2, 0.25) is 15.0 Å². The van der Waals surface area contributed by atoms with Crippen LogP contribution in [0.1, 0.15) is 23.9 Å².